The zero-order valence-corrected chi connectivity index (χ0v) is 13.4. The molecule has 2 N–H and O–H groups in total. The summed E-state index contributed by atoms with van der Waals surface area (Å²) in [5, 5.41) is 7.33. The Hall–Kier alpha value is -2.29. The number of nitrogens with one attached hydrogen (secondary N) is 2. The number of aromatic amines is 1. The van der Waals surface area contributed by atoms with Gasteiger partial charge in [-0.1, -0.05) is 0 Å². The molecule has 0 bridgehead atoms. The molecule has 7 nitrogen and oxygen atoms in total. The summed E-state index contributed by atoms with van der Waals surface area (Å²) in [6, 6.07) is 1.92. The van der Waals surface area contributed by atoms with Gasteiger partial charge in [-0.2, -0.15) is 8.78 Å². The maximum absolute atomic E-state index is 12.3. The summed E-state index contributed by atoms with van der Waals surface area (Å²) in [5.74, 6) is -0.281. The molecule has 0 aliphatic carbocycles. The van der Waals surface area contributed by atoms with Gasteiger partial charge in [0.2, 0.25) is 0 Å². The molecule has 24 heavy (non-hydrogen) atoms. The van der Waals surface area contributed by atoms with Crippen molar-refractivity contribution in [3.05, 3.63) is 18.6 Å². The van der Waals surface area contributed by atoms with Gasteiger partial charge < -0.3 is 10.3 Å². The lowest BCUT2D eigenvalue weighted by Gasteiger charge is -2.39. The van der Waals surface area contributed by atoms with Crippen molar-refractivity contribution in [3.8, 4) is 0 Å². The number of amides is 1. The fourth-order valence-corrected chi connectivity index (χ4v) is 3.05. The van der Waals surface area contributed by atoms with E-state index in [2.05, 4.69) is 25.3 Å². The molecule has 1 fully saturated rings. The van der Waals surface area contributed by atoms with Crippen molar-refractivity contribution in [2.45, 2.75) is 19.3 Å². The number of anilines is 1. The second-order valence-corrected chi connectivity index (χ2v) is 5.93. The maximum Gasteiger partial charge on any atom is 0.315 e. The summed E-state index contributed by atoms with van der Waals surface area (Å²) in [7, 11) is 1.93. The molecule has 0 radical (unpaired) electrons. The summed E-state index contributed by atoms with van der Waals surface area (Å²) >= 11 is 0. The SMILES string of the molecule is CN(c1ncnc2[nH]ccc12)N1CCCC(CNC(=O)C(F)F)C1. The Morgan fingerprint density at radius 1 is 1.54 bits per heavy atom. The Balaban J connectivity index is 1.66. The summed E-state index contributed by atoms with van der Waals surface area (Å²) in [6.07, 6.45) is 2.19. The Morgan fingerprint density at radius 2 is 2.38 bits per heavy atom. The predicted octanol–water partition coefficient (Wildman–Crippen LogP) is 1.40. The predicted molar refractivity (Wildman–Crippen MR) is 85.6 cm³/mol. The van der Waals surface area contributed by atoms with E-state index >= 15 is 0 Å². The number of fused-ring (bicyclic) bond motifs is 1. The van der Waals surface area contributed by atoms with Crippen molar-refractivity contribution < 1.29 is 13.6 Å². The number of rotatable bonds is 5. The second kappa shape index (κ2) is 7.08. The van der Waals surface area contributed by atoms with E-state index in [1.807, 2.05) is 24.3 Å². The average Bonchev–Trinajstić information content (AvgIpc) is 3.07. The number of halogens is 2. The van der Waals surface area contributed by atoms with Crippen LogP contribution < -0.4 is 10.3 Å². The smallest absolute Gasteiger partial charge is 0.315 e. The van der Waals surface area contributed by atoms with E-state index in [0.29, 0.717) is 6.54 Å². The highest BCUT2D eigenvalue weighted by Crippen LogP contribution is 2.25. The molecule has 0 aromatic carbocycles. The molecule has 2 aromatic rings. The number of H-pyrrole nitrogens is 1. The van der Waals surface area contributed by atoms with Gasteiger partial charge in [-0.3, -0.25) is 9.80 Å². The lowest BCUT2D eigenvalue weighted by molar-refractivity contribution is -0.132. The maximum atomic E-state index is 12.3. The van der Waals surface area contributed by atoms with Crippen molar-refractivity contribution in [3.63, 3.8) is 0 Å². The largest absolute Gasteiger partial charge is 0.351 e. The minimum Gasteiger partial charge on any atom is -0.351 e. The molecule has 1 saturated heterocycles. The first kappa shape index (κ1) is 16.6. The van der Waals surface area contributed by atoms with Gasteiger partial charge in [0.1, 0.15) is 12.0 Å². The van der Waals surface area contributed by atoms with E-state index in [1.54, 1.807) is 0 Å². The van der Waals surface area contributed by atoms with Crippen molar-refractivity contribution in [1.29, 1.82) is 0 Å². The first-order valence-electron chi connectivity index (χ1n) is 7.89. The average molecular weight is 338 g/mol. The molecule has 1 atom stereocenters. The number of hydrogen-bond acceptors (Lipinski definition) is 5. The fourth-order valence-electron chi connectivity index (χ4n) is 3.05. The van der Waals surface area contributed by atoms with Gasteiger partial charge in [-0.15, -0.1) is 0 Å². The molecule has 1 unspecified atom stereocenters. The first-order valence-corrected chi connectivity index (χ1v) is 7.89. The molecule has 3 rings (SSSR count). The van der Waals surface area contributed by atoms with E-state index in [1.165, 1.54) is 6.33 Å². The van der Waals surface area contributed by atoms with Crippen LogP contribution in [0.15, 0.2) is 18.6 Å². The van der Waals surface area contributed by atoms with Gasteiger partial charge in [0.15, 0.2) is 5.82 Å². The molecular formula is C15H20F2N6O. The lowest BCUT2D eigenvalue weighted by Crippen LogP contribution is -2.49. The molecule has 1 aliphatic rings. The molecule has 1 amide bonds. The Kier molecular flexibility index (Phi) is 4.89. The van der Waals surface area contributed by atoms with Crippen molar-refractivity contribution in [2.75, 3.05) is 31.7 Å². The van der Waals surface area contributed by atoms with Gasteiger partial charge in [-0.05, 0) is 24.8 Å². The van der Waals surface area contributed by atoms with E-state index in [4.69, 9.17) is 0 Å². The number of carbonyl (C=O) groups is 1. The monoisotopic (exact) mass is 338 g/mol. The van der Waals surface area contributed by atoms with Crippen LogP contribution in [-0.4, -0.2) is 59.0 Å². The van der Waals surface area contributed by atoms with E-state index < -0.39 is 12.3 Å². The van der Waals surface area contributed by atoms with Crippen LogP contribution >= 0.6 is 0 Å². The van der Waals surface area contributed by atoms with Gasteiger partial charge >= 0.3 is 6.43 Å². The van der Waals surface area contributed by atoms with Crippen LogP contribution in [0.3, 0.4) is 0 Å². The summed E-state index contributed by atoms with van der Waals surface area (Å²) in [6.45, 7) is 1.79. The molecule has 0 spiro atoms. The molecule has 2 aromatic heterocycles. The Bertz CT molecular complexity index is 706. The van der Waals surface area contributed by atoms with Crippen LogP contribution in [0.4, 0.5) is 14.6 Å². The third-order valence-corrected chi connectivity index (χ3v) is 4.32. The van der Waals surface area contributed by atoms with Crippen molar-refractivity contribution in [1.82, 2.24) is 25.3 Å². The zero-order valence-electron chi connectivity index (χ0n) is 13.4. The number of aromatic nitrogens is 3. The third kappa shape index (κ3) is 3.45. The van der Waals surface area contributed by atoms with Gasteiger partial charge in [0.25, 0.3) is 5.91 Å². The molecule has 0 saturated carbocycles. The lowest BCUT2D eigenvalue weighted by atomic mass is 9.99. The highest BCUT2D eigenvalue weighted by molar-refractivity contribution is 5.86. The number of alkyl halides is 2. The van der Waals surface area contributed by atoms with E-state index in [-0.39, 0.29) is 12.5 Å². The minimum atomic E-state index is -2.96. The van der Waals surface area contributed by atoms with Crippen LogP contribution in [0, 0.1) is 5.92 Å². The molecule has 9 heteroatoms. The van der Waals surface area contributed by atoms with Crippen molar-refractivity contribution >= 4 is 22.8 Å². The molecular weight excluding hydrogens is 318 g/mol. The molecule has 1 aliphatic heterocycles. The standard InChI is InChI=1S/C15H20F2N6O/c1-22(14-11-4-5-18-13(11)20-9-21-14)23-6-2-3-10(8-23)7-19-15(24)12(16)17/h4-5,9-10,12H,2-3,6-8H2,1H3,(H,19,24)(H,18,20,21). The quantitative estimate of drug-likeness (QED) is 0.862. The topological polar surface area (TPSA) is 77.2 Å². The van der Waals surface area contributed by atoms with E-state index in [9.17, 15) is 13.6 Å². The molecule has 130 valence electrons. The Labute approximate surface area is 138 Å². The number of nitrogens with zero attached hydrogens (tertiary/aromatic N) is 4. The van der Waals surface area contributed by atoms with Crippen LogP contribution in [0.25, 0.3) is 11.0 Å². The number of piperidine rings is 1. The highest BCUT2D eigenvalue weighted by atomic mass is 19.3. The number of hydrogen-bond donors (Lipinski definition) is 2. The number of hydrazine groups is 1. The van der Waals surface area contributed by atoms with Crippen molar-refractivity contribution in [2.24, 2.45) is 5.92 Å². The van der Waals surface area contributed by atoms with E-state index in [0.717, 1.165) is 36.2 Å². The summed E-state index contributed by atoms with van der Waals surface area (Å²) in [4.78, 5) is 22.6. The van der Waals surface area contributed by atoms with Crippen LogP contribution in [-0.2, 0) is 4.79 Å². The fraction of sp³-hybridized carbons (Fsp3) is 0.533. The normalized spacial score (nSPS) is 18.9. The van der Waals surface area contributed by atoms with Gasteiger partial charge in [0.05, 0.1) is 5.39 Å². The van der Waals surface area contributed by atoms with Crippen LogP contribution in [0.1, 0.15) is 12.8 Å². The highest BCUT2D eigenvalue weighted by Gasteiger charge is 2.25. The second-order valence-electron chi connectivity index (χ2n) is 5.93. The summed E-state index contributed by atoms with van der Waals surface area (Å²) in [5.41, 5.74) is 0.768. The van der Waals surface area contributed by atoms with Gasteiger partial charge in [-0.25, -0.2) is 15.0 Å². The van der Waals surface area contributed by atoms with Crippen LogP contribution in [0.5, 0.6) is 0 Å². The summed E-state index contributed by atoms with van der Waals surface area (Å²) < 4.78 is 24.6. The van der Waals surface area contributed by atoms with Crippen LogP contribution in [0.2, 0.25) is 0 Å². The number of carbonyl (C=O) groups excluding carboxylic acids is 1. The zero-order chi connectivity index (χ0) is 17.1. The third-order valence-electron chi connectivity index (χ3n) is 4.32. The molecule has 3 heterocycles. The first-order chi connectivity index (χ1) is 11.6. The van der Waals surface area contributed by atoms with Gasteiger partial charge in [0, 0.05) is 32.9 Å². The Morgan fingerprint density at radius 3 is 3.17 bits per heavy atom. The minimum absolute atomic E-state index is 0.132.